The molecule has 0 rings (SSSR count). The summed E-state index contributed by atoms with van der Waals surface area (Å²) < 4.78 is 4.68. The van der Waals surface area contributed by atoms with E-state index in [1.54, 1.807) is 6.92 Å². The predicted molar refractivity (Wildman–Crippen MR) is 55.7 cm³/mol. The smallest absolute Gasteiger partial charge is 0.307 e. The van der Waals surface area contributed by atoms with Crippen molar-refractivity contribution in [2.24, 2.45) is 5.73 Å². The Kier molecular flexibility index (Phi) is 7.02. The number of carbonyl (C=O) groups is 2. The molecule has 84 valence electrons. The quantitative estimate of drug-likeness (QED) is 0.455. The summed E-state index contributed by atoms with van der Waals surface area (Å²) in [4.78, 5) is 22.1. The number of amides is 1. The lowest BCUT2D eigenvalue weighted by Gasteiger charge is -2.08. The van der Waals surface area contributed by atoms with Crippen molar-refractivity contribution < 1.29 is 14.3 Å². The molecule has 1 amide bonds. The molecule has 3 N–H and O–H groups in total. The van der Waals surface area contributed by atoms with Crippen molar-refractivity contribution in [3.05, 3.63) is 0 Å². The van der Waals surface area contributed by atoms with Crippen LogP contribution in [0, 0.1) is 12.3 Å². The van der Waals surface area contributed by atoms with Crippen molar-refractivity contribution >= 4 is 11.9 Å². The van der Waals surface area contributed by atoms with Crippen LogP contribution in [0.2, 0.25) is 0 Å². The van der Waals surface area contributed by atoms with Crippen LogP contribution in [0.3, 0.4) is 0 Å². The van der Waals surface area contributed by atoms with Crippen LogP contribution in [-0.4, -0.2) is 31.1 Å². The van der Waals surface area contributed by atoms with Gasteiger partial charge >= 0.3 is 5.97 Å². The van der Waals surface area contributed by atoms with E-state index in [4.69, 9.17) is 12.2 Å². The van der Waals surface area contributed by atoms with Gasteiger partial charge < -0.3 is 15.8 Å². The van der Waals surface area contributed by atoms with Gasteiger partial charge in [0, 0.05) is 13.0 Å². The van der Waals surface area contributed by atoms with Crippen LogP contribution in [0.5, 0.6) is 0 Å². The highest BCUT2D eigenvalue weighted by Gasteiger charge is 2.11. The fraction of sp³-hybridized carbons (Fsp3) is 0.600. The van der Waals surface area contributed by atoms with Gasteiger partial charge in [-0.1, -0.05) is 0 Å². The second kappa shape index (κ2) is 7.83. The van der Waals surface area contributed by atoms with Gasteiger partial charge in [0.25, 0.3) is 0 Å². The van der Waals surface area contributed by atoms with Gasteiger partial charge in [-0.25, -0.2) is 0 Å². The first kappa shape index (κ1) is 13.5. The fourth-order valence-electron chi connectivity index (χ4n) is 0.872. The number of hydrogen-bond donors (Lipinski definition) is 2. The SMILES string of the molecule is C#CCC(N)C(=O)NCCC(=O)OCC. The fourth-order valence-corrected chi connectivity index (χ4v) is 0.872. The first-order valence-corrected chi connectivity index (χ1v) is 4.74. The highest BCUT2D eigenvalue weighted by Crippen LogP contribution is 1.88. The minimum absolute atomic E-state index is 0.141. The summed E-state index contributed by atoms with van der Waals surface area (Å²) >= 11 is 0. The molecule has 5 nitrogen and oxygen atoms in total. The predicted octanol–water partition coefficient (Wildman–Crippen LogP) is -0.594. The van der Waals surface area contributed by atoms with Crippen LogP contribution in [0.25, 0.3) is 0 Å². The van der Waals surface area contributed by atoms with Crippen LogP contribution in [-0.2, 0) is 14.3 Å². The van der Waals surface area contributed by atoms with Gasteiger partial charge in [0.15, 0.2) is 0 Å². The third-order valence-electron chi connectivity index (χ3n) is 1.61. The Balaban J connectivity index is 3.64. The van der Waals surface area contributed by atoms with Gasteiger partial charge in [-0.15, -0.1) is 12.3 Å². The Labute approximate surface area is 89.3 Å². The molecule has 0 aromatic rings. The summed E-state index contributed by atoms with van der Waals surface area (Å²) in [7, 11) is 0. The third kappa shape index (κ3) is 6.52. The molecule has 0 saturated carbocycles. The lowest BCUT2D eigenvalue weighted by atomic mass is 10.2. The number of ether oxygens (including phenoxy) is 1. The molecule has 0 bridgehead atoms. The Bertz CT molecular complexity index is 258. The van der Waals surface area contributed by atoms with Gasteiger partial charge in [0.1, 0.15) is 0 Å². The summed E-state index contributed by atoms with van der Waals surface area (Å²) in [5.74, 6) is 1.60. The topological polar surface area (TPSA) is 81.4 Å². The molecular formula is C10H16N2O3. The van der Waals surface area contributed by atoms with Crippen LogP contribution < -0.4 is 11.1 Å². The lowest BCUT2D eigenvalue weighted by molar-refractivity contribution is -0.143. The van der Waals surface area contributed by atoms with E-state index in [9.17, 15) is 9.59 Å². The molecule has 5 heteroatoms. The molecule has 0 radical (unpaired) electrons. The Morgan fingerprint density at radius 1 is 1.60 bits per heavy atom. The zero-order chi connectivity index (χ0) is 11.7. The summed E-state index contributed by atoms with van der Waals surface area (Å²) in [6.07, 6.45) is 5.33. The standard InChI is InChI=1S/C10H16N2O3/c1-3-5-8(11)10(14)12-7-6-9(13)15-4-2/h1,8H,4-7,11H2,2H3,(H,12,14). The molecule has 0 fully saturated rings. The van der Waals surface area contributed by atoms with Gasteiger partial charge in [-0.2, -0.15) is 0 Å². The second-order valence-electron chi connectivity index (χ2n) is 2.86. The molecule has 0 aliphatic heterocycles. The van der Waals surface area contributed by atoms with Crippen LogP contribution in [0.15, 0.2) is 0 Å². The zero-order valence-electron chi connectivity index (χ0n) is 8.79. The minimum Gasteiger partial charge on any atom is -0.466 e. The molecule has 15 heavy (non-hydrogen) atoms. The van der Waals surface area contributed by atoms with Gasteiger partial charge in [-0.3, -0.25) is 9.59 Å². The van der Waals surface area contributed by atoms with Gasteiger partial charge in [-0.05, 0) is 6.92 Å². The molecule has 0 spiro atoms. The molecular weight excluding hydrogens is 196 g/mol. The molecule has 0 heterocycles. The molecule has 0 aromatic heterocycles. The van der Waals surface area contributed by atoms with E-state index < -0.39 is 6.04 Å². The molecule has 0 aliphatic rings. The van der Waals surface area contributed by atoms with E-state index in [0.29, 0.717) is 6.61 Å². The summed E-state index contributed by atoms with van der Waals surface area (Å²) in [5.41, 5.74) is 5.43. The first-order chi connectivity index (χ1) is 7.11. The van der Waals surface area contributed by atoms with Crippen LogP contribution in [0.4, 0.5) is 0 Å². The van der Waals surface area contributed by atoms with Gasteiger partial charge in [0.05, 0.1) is 19.1 Å². The Morgan fingerprint density at radius 3 is 2.80 bits per heavy atom. The van der Waals surface area contributed by atoms with Crippen molar-refractivity contribution in [2.45, 2.75) is 25.8 Å². The number of nitrogens with one attached hydrogen (secondary N) is 1. The van der Waals surface area contributed by atoms with E-state index >= 15 is 0 Å². The summed E-state index contributed by atoms with van der Waals surface area (Å²) in [6.45, 7) is 2.28. The van der Waals surface area contributed by atoms with E-state index in [2.05, 4.69) is 16.0 Å². The average molecular weight is 212 g/mol. The third-order valence-corrected chi connectivity index (χ3v) is 1.61. The van der Waals surface area contributed by atoms with Crippen molar-refractivity contribution in [3.8, 4) is 12.3 Å². The second-order valence-corrected chi connectivity index (χ2v) is 2.86. The normalized spacial score (nSPS) is 11.3. The van der Waals surface area contributed by atoms with Gasteiger partial charge in [0.2, 0.25) is 5.91 Å². The number of carbonyl (C=O) groups excluding carboxylic acids is 2. The average Bonchev–Trinajstić information content (AvgIpc) is 2.18. The number of terminal acetylenes is 1. The molecule has 0 aromatic carbocycles. The number of nitrogens with two attached hydrogens (primary N) is 1. The Hall–Kier alpha value is -1.54. The monoisotopic (exact) mass is 212 g/mol. The highest BCUT2D eigenvalue weighted by atomic mass is 16.5. The lowest BCUT2D eigenvalue weighted by Crippen LogP contribution is -2.41. The van der Waals surface area contributed by atoms with Crippen molar-refractivity contribution in [1.82, 2.24) is 5.32 Å². The molecule has 1 unspecified atom stereocenters. The summed E-state index contributed by atoms with van der Waals surface area (Å²) in [6, 6.07) is -0.711. The van der Waals surface area contributed by atoms with Crippen LogP contribution in [0.1, 0.15) is 19.8 Å². The number of rotatable bonds is 6. The van der Waals surface area contributed by atoms with Crippen molar-refractivity contribution in [3.63, 3.8) is 0 Å². The largest absolute Gasteiger partial charge is 0.466 e. The van der Waals surface area contributed by atoms with E-state index in [1.807, 2.05) is 0 Å². The van der Waals surface area contributed by atoms with Crippen molar-refractivity contribution in [1.29, 1.82) is 0 Å². The highest BCUT2D eigenvalue weighted by molar-refractivity contribution is 5.82. The number of hydrogen-bond acceptors (Lipinski definition) is 4. The first-order valence-electron chi connectivity index (χ1n) is 4.74. The molecule has 0 aliphatic carbocycles. The molecule has 0 saturated heterocycles. The Morgan fingerprint density at radius 2 is 2.27 bits per heavy atom. The van der Waals surface area contributed by atoms with E-state index in [-0.39, 0.29) is 31.3 Å². The van der Waals surface area contributed by atoms with Crippen LogP contribution >= 0.6 is 0 Å². The maximum atomic E-state index is 11.2. The van der Waals surface area contributed by atoms with E-state index in [0.717, 1.165) is 0 Å². The number of esters is 1. The van der Waals surface area contributed by atoms with E-state index in [1.165, 1.54) is 0 Å². The zero-order valence-corrected chi connectivity index (χ0v) is 8.79. The maximum absolute atomic E-state index is 11.2. The minimum atomic E-state index is -0.711. The molecule has 1 atom stereocenters. The van der Waals surface area contributed by atoms with Crippen molar-refractivity contribution in [2.75, 3.05) is 13.2 Å². The summed E-state index contributed by atoms with van der Waals surface area (Å²) in [5, 5.41) is 2.50. The maximum Gasteiger partial charge on any atom is 0.307 e.